The van der Waals surface area contributed by atoms with Gasteiger partial charge in [0.1, 0.15) is 6.07 Å². The molecule has 5 nitrogen and oxygen atoms in total. The van der Waals surface area contributed by atoms with Gasteiger partial charge in [-0.3, -0.25) is 9.48 Å². The fraction of sp³-hybridized carbons (Fsp3) is 0.808. The third kappa shape index (κ3) is 3.46. The predicted molar refractivity (Wildman–Crippen MR) is 118 cm³/mol. The van der Waals surface area contributed by atoms with Gasteiger partial charge in [0.05, 0.1) is 23.9 Å². The molecule has 0 aromatic carbocycles. The van der Waals surface area contributed by atoms with E-state index in [1.54, 1.807) is 17.1 Å². The van der Waals surface area contributed by atoms with Gasteiger partial charge in [0, 0.05) is 12.1 Å². The van der Waals surface area contributed by atoms with Gasteiger partial charge < -0.3 is 5.11 Å². The highest BCUT2D eigenvalue weighted by atomic mass is 16.3. The summed E-state index contributed by atoms with van der Waals surface area (Å²) >= 11 is 0. The van der Waals surface area contributed by atoms with Crippen molar-refractivity contribution in [2.45, 2.75) is 84.3 Å². The lowest BCUT2D eigenvalue weighted by molar-refractivity contribution is -0.133. The first-order chi connectivity index (χ1) is 14.7. The van der Waals surface area contributed by atoms with Crippen molar-refractivity contribution in [2.75, 3.05) is 0 Å². The summed E-state index contributed by atoms with van der Waals surface area (Å²) in [5.74, 6) is 4.62. The van der Waals surface area contributed by atoms with Crippen LogP contribution in [0.5, 0.6) is 0 Å². The number of rotatable bonds is 3. The van der Waals surface area contributed by atoms with E-state index >= 15 is 0 Å². The van der Waals surface area contributed by atoms with Crippen molar-refractivity contribution in [3.8, 4) is 6.07 Å². The summed E-state index contributed by atoms with van der Waals surface area (Å²) in [4.78, 5) is 13.4. The fourth-order valence-corrected chi connectivity index (χ4v) is 8.90. The van der Waals surface area contributed by atoms with Gasteiger partial charge >= 0.3 is 0 Å². The molecule has 1 aromatic heterocycles. The van der Waals surface area contributed by atoms with Crippen molar-refractivity contribution >= 4 is 5.78 Å². The Balaban J connectivity index is 1.34. The number of carbonyl (C=O) groups excluding carboxylic acids is 1. The average molecular weight is 424 g/mol. The topological polar surface area (TPSA) is 78.9 Å². The van der Waals surface area contributed by atoms with Gasteiger partial charge in [-0.1, -0.05) is 13.8 Å². The standard InChI is InChI=1S/C26H37N3O2/c1-16-10-22(23(30)15-29-14-17(12-27)13-28-29)26(3)9-7-20-19-6-8-25(2,31)11-18(19)4-5-21(20)24(16)26/h13-14,16,18-22,24,31H,4-11,15H2,1-3H3/t16-,18-,19+,20-,21-,22-,24+,25-,26-/m1/s1. The molecule has 1 heterocycles. The maximum atomic E-state index is 13.4. The zero-order valence-corrected chi connectivity index (χ0v) is 19.3. The highest BCUT2D eigenvalue weighted by Crippen LogP contribution is 2.66. The molecule has 0 aliphatic heterocycles. The molecule has 31 heavy (non-hydrogen) atoms. The Morgan fingerprint density at radius 2 is 2.00 bits per heavy atom. The van der Waals surface area contributed by atoms with Crippen LogP contribution >= 0.6 is 0 Å². The number of hydrogen-bond donors (Lipinski definition) is 1. The number of carbonyl (C=O) groups is 1. The molecule has 4 aliphatic carbocycles. The van der Waals surface area contributed by atoms with Crippen molar-refractivity contribution in [2.24, 2.45) is 46.8 Å². The molecule has 0 unspecified atom stereocenters. The predicted octanol–water partition coefficient (Wildman–Crippen LogP) is 4.59. The van der Waals surface area contributed by atoms with Gasteiger partial charge in [0.2, 0.25) is 0 Å². The minimum absolute atomic E-state index is 0.0931. The molecule has 4 aliphatic rings. The van der Waals surface area contributed by atoms with Crippen LogP contribution < -0.4 is 0 Å². The molecule has 0 radical (unpaired) electrons. The third-order valence-corrected chi connectivity index (χ3v) is 10.0. The van der Waals surface area contributed by atoms with Crippen molar-refractivity contribution in [1.29, 1.82) is 5.26 Å². The second kappa shape index (κ2) is 7.44. The maximum Gasteiger partial charge on any atom is 0.157 e. The molecule has 1 aromatic rings. The van der Waals surface area contributed by atoms with E-state index in [0.717, 1.165) is 43.4 Å². The van der Waals surface area contributed by atoms with Crippen molar-refractivity contribution in [3.63, 3.8) is 0 Å². The van der Waals surface area contributed by atoms with E-state index in [9.17, 15) is 9.90 Å². The van der Waals surface area contributed by atoms with E-state index in [1.165, 1.54) is 25.7 Å². The smallest absolute Gasteiger partial charge is 0.157 e. The number of nitriles is 1. The Morgan fingerprint density at radius 1 is 1.23 bits per heavy atom. The largest absolute Gasteiger partial charge is 0.390 e. The van der Waals surface area contributed by atoms with E-state index in [2.05, 4.69) is 25.0 Å². The van der Waals surface area contributed by atoms with Gasteiger partial charge in [-0.2, -0.15) is 10.4 Å². The van der Waals surface area contributed by atoms with Crippen LogP contribution in [-0.2, 0) is 11.3 Å². The van der Waals surface area contributed by atoms with Gasteiger partial charge in [0.25, 0.3) is 0 Å². The van der Waals surface area contributed by atoms with Crippen LogP contribution in [0.1, 0.15) is 77.7 Å². The highest BCUT2D eigenvalue weighted by Gasteiger charge is 2.60. The monoisotopic (exact) mass is 423 g/mol. The number of Topliss-reactive ketones (excluding diaryl/α,β-unsaturated/α-hetero) is 1. The zero-order valence-electron chi connectivity index (χ0n) is 19.3. The van der Waals surface area contributed by atoms with E-state index in [-0.39, 0.29) is 17.9 Å². The molecule has 0 spiro atoms. The summed E-state index contributed by atoms with van der Waals surface area (Å²) in [6.07, 6.45) is 12.3. The minimum Gasteiger partial charge on any atom is -0.390 e. The van der Waals surface area contributed by atoms with Gasteiger partial charge in [-0.05, 0) is 99.2 Å². The Labute approximate surface area is 186 Å². The Hall–Kier alpha value is -1.67. The van der Waals surface area contributed by atoms with E-state index < -0.39 is 5.60 Å². The molecule has 1 N–H and O–H groups in total. The maximum absolute atomic E-state index is 13.4. The van der Waals surface area contributed by atoms with Crippen LogP contribution in [-0.4, -0.2) is 26.3 Å². The average Bonchev–Trinajstić information content (AvgIpc) is 3.28. The molecule has 5 heteroatoms. The molecule has 168 valence electrons. The number of aromatic nitrogens is 2. The quantitative estimate of drug-likeness (QED) is 0.771. The van der Waals surface area contributed by atoms with E-state index in [4.69, 9.17) is 5.26 Å². The van der Waals surface area contributed by atoms with Crippen LogP contribution in [0.15, 0.2) is 12.4 Å². The molecule has 0 amide bonds. The zero-order chi connectivity index (χ0) is 22.0. The number of aliphatic hydroxyl groups is 1. The molecular formula is C26H37N3O2. The second-order valence-corrected chi connectivity index (χ2v) is 11.9. The Kier molecular flexibility index (Phi) is 5.09. The molecule has 4 saturated carbocycles. The van der Waals surface area contributed by atoms with Crippen LogP contribution in [0.3, 0.4) is 0 Å². The van der Waals surface area contributed by atoms with Gasteiger partial charge in [-0.25, -0.2) is 0 Å². The molecule has 4 fully saturated rings. The first-order valence-electron chi connectivity index (χ1n) is 12.4. The van der Waals surface area contributed by atoms with Crippen LogP contribution in [0, 0.1) is 58.2 Å². The summed E-state index contributed by atoms with van der Waals surface area (Å²) in [5.41, 5.74) is 0.142. The summed E-state index contributed by atoms with van der Waals surface area (Å²) in [5, 5.41) is 23.9. The summed E-state index contributed by atoms with van der Waals surface area (Å²) in [7, 11) is 0. The number of ketones is 1. The van der Waals surface area contributed by atoms with Crippen LogP contribution in [0.25, 0.3) is 0 Å². The summed E-state index contributed by atoms with van der Waals surface area (Å²) in [6.45, 7) is 7.11. The lowest BCUT2D eigenvalue weighted by Gasteiger charge is -2.57. The second-order valence-electron chi connectivity index (χ2n) is 11.9. The highest BCUT2D eigenvalue weighted by molar-refractivity contribution is 5.82. The van der Waals surface area contributed by atoms with E-state index in [1.807, 2.05) is 6.92 Å². The molecule has 0 bridgehead atoms. The van der Waals surface area contributed by atoms with Crippen molar-refractivity contribution in [1.82, 2.24) is 9.78 Å². The number of hydrogen-bond acceptors (Lipinski definition) is 4. The SMILES string of the molecule is C[C@@H]1C[C@H](C(=O)Cn2cc(C#N)cn2)[C@@]2(C)CC[C@H]3[C@@H](CC[C@@H]4C[C@](C)(O)CC[C@@H]43)[C@H]12. The first kappa shape index (κ1) is 21.2. The molecular weight excluding hydrogens is 386 g/mol. The normalized spacial score (nSPS) is 46.5. The molecule has 0 saturated heterocycles. The number of nitrogens with zero attached hydrogens (tertiary/aromatic N) is 3. The molecule has 9 atom stereocenters. The Bertz CT molecular complexity index is 899. The lowest BCUT2D eigenvalue weighted by atomic mass is 9.48. The minimum atomic E-state index is -0.465. The number of fused-ring (bicyclic) bond motifs is 5. The first-order valence-corrected chi connectivity index (χ1v) is 12.4. The van der Waals surface area contributed by atoms with E-state index in [0.29, 0.717) is 29.1 Å². The summed E-state index contributed by atoms with van der Waals surface area (Å²) in [6, 6.07) is 2.10. The fourth-order valence-electron chi connectivity index (χ4n) is 8.90. The van der Waals surface area contributed by atoms with Crippen LogP contribution in [0.4, 0.5) is 0 Å². The van der Waals surface area contributed by atoms with Gasteiger partial charge in [0.15, 0.2) is 5.78 Å². The Morgan fingerprint density at radius 3 is 2.74 bits per heavy atom. The lowest BCUT2D eigenvalue weighted by Crippen LogP contribution is -2.51. The third-order valence-electron chi connectivity index (χ3n) is 10.0. The van der Waals surface area contributed by atoms with Crippen molar-refractivity contribution in [3.05, 3.63) is 18.0 Å². The van der Waals surface area contributed by atoms with Gasteiger partial charge in [-0.15, -0.1) is 0 Å². The molecule has 5 rings (SSSR count). The van der Waals surface area contributed by atoms with Crippen LogP contribution in [0.2, 0.25) is 0 Å². The van der Waals surface area contributed by atoms with Crippen molar-refractivity contribution < 1.29 is 9.90 Å². The summed E-state index contributed by atoms with van der Waals surface area (Å²) < 4.78 is 1.65.